The van der Waals surface area contributed by atoms with Gasteiger partial charge in [-0.25, -0.2) is 0 Å². The lowest BCUT2D eigenvalue weighted by Gasteiger charge is -2.07. The van der Waals surface area contributed by atoms with E-state index in [2.05, 4.69) is 11.9 Å². The molecule has 0 aromatic heterocycles. The van der Waals surface area contributed by atoms with E-state index in [1.165, 1.54) is 13.1 Å². The minimum absolute atomic E-state index is 0.856. The molecule has 0 aliphatic carbocycles. The summed E-state index contributed by atoms with van der Waals surface area (Å²) in [5.41, 5.74) is 0. The van der Waals surface area contributed by atoms with E-state index in [1.807, 2.05) is 0 Å². The number of fused-ring (bicyclic) bond motifs is 1. The van der Waals surface area contributed by atoms with Crippen LogP contribution >= 0.6 is 0 Å². The van der Waals surface area contributed by atoms with Crippen molar-refractivity contribution < 1.29 is 4.74 Å². The van der Waals surface area contributed by atoms with E-state index in [0.717, 1.165) is 25.0 Å². The topological polar surface area (TPSA) is 12.5 Å². The van der Waals surface area contributed by atoms with Gasteiger partial charge in [0.15, 0.2) is 0 Å². The largest absolute Gasteiger partial charge is 0.381 e. The maximum atomic E-state index is 5.33. The fourth-order valence-electron chi connectivity index (χ4n) is 1.92. The Bertz CT molecular complexity index is 103. The minimum atomic E-state index is 0.856. The number of rotatable bonds is 0. The molecule has 2 saturated heterocycles. The zero-order chi connectivity index (χ0) is 6.27. The first-order valence-electron chi connectivity index (χ1n) is 3.62. The van der Waals surface area contributed by atoms with Crippen LogP contribution in [-0.4, -0.2) is 38.3 Å². The Hall–Kier alpha value is -0.0800. The van der Waals surface area contributed by atoms with Crippen LogP contribution in [0.2, 0.25) is 0 Å². The molecule has 0 spiro atoms. The second-order valence-corrected chi connectivity index (χ2v) is 3.28. The van der Waals surface area contributed by atoms with Crippen LogP contribution < -0.4 is 0 Å². The van der Waals surface area contributed by atoms with Crippen LogP contribution in [0.3, 0.4) is 0 Å². The van der Waals surface area contributed by atoms with Crippen LogP contribution in [0.25, 0.3) is 0 Å². The Labute approximate surface area is 55.8 Å². The summed E-state index contributed by atoms with van der Waals surface area (Å²) in [7, 11) is 2.19. The predicted octanol–water partition coefficient (Wildman–Crippen LogP) is 0.194. The number of nitrogens with zero attached hydrogens (tertiary/aromatic N) is 1. The van der Waals surface area contributed by atoms with Crippen molar-refractivity contribution >= 4 is 0 Å². The highest BCUT2D eigenvalue weighted by atomic mass is 16.5. The molecule has 2 fully saturated rings. The first kappa shape index (κ1) is 5.69. The Morgan fingerprint density at radius 3 is 2.33 bits per heavy atom. The Morgan fingerprint density at radius 2 is 1.78 bits per heavy atom. The van der Waals surface area contributed by atoms with Gasteiger partial charge in [0.1, 0.15) is 0 Å². The van der Waals surface area contributed by atoms with Gasteiger partial charge in [0.2, 0.25) is 0 Å². The van der Waals surface area contributed by atoms with E-state index in [-0.39, 0.29) is 0 Å². The maximum Gasteiger partial charge on any atom is 0.0510 e. The summed E-state index contributed by atoms with van der Waals surface area (Å²) < 4.78 is 5.33. The molecule has 0 radical (unpaired) electrons. The van der Waals surface area contributed by atoms with Crippen molar-refractivity contribution in [3.63, 3.8) is 0 Å². The summed E-state index contributed by atoms with van der Waals surface area (Å²) in [5, 5.41) is 0. The zero-order valence-corrected chi connectivity index (χ0v) is 5.84. The van der Waals surface area contributed by atoms with E-state index in [1.54, 1.807) is 0 Å². The summed E-state index contributed by atoms with van der Waals surface area (Å²) in [4.78, 5) is 2.40. The SMILES string of the molecule is CN1CC2COC[C@H]2C1. The summed E-state index contributed by atoms with van der Waals surface area (Å²) in [6.07, 6.45) is 0. The van der Waals surface area contributed by atoms with Crippen LogP contribution in [-0.2, 0) is 4.74 Å². The average molecular weight is 127 g/mol. The summed E-state index contributed by atoms with van der Waals surface area (Å²) in [6, 6.07) is 0. The van der Waals surface area contributed by atoms with Crippen LogP contribution in [0.15, 0.2) is 0 Å². The molecule has 52 valence electrons. The lowest BCUT2D eigenvalue weighted by Crippen LogP contribution is -2.16. The molecule has 1 unspecified atom stereocenters. The van der Waals surface area contributed by atoms with Crippen molar-refractivity contribution in [3.05, 3.63) is 0 Å². The van der Waals surface area contributed by atoms with E-state index in [9.17, 15) is 0 Å². The Morgan fingerprint density at radius 1 is 1.22 bits per heavy atom. The van der Waals surface area contributed by atoms with Crippen molar-refractivity contribution in [1.29, 1.82) is 0 Å². The maximum absolute atomic E-state index is 5.33. The van der Waals surface area contributed by atoms with Gasteiger partial charge in [-0.3, -0.25) is 0 Å². The smallest absolute Gasteiger partial charge is 0.0510 e. The summed E-state index contributed by atoms with van der Waals surface area (Å²) in [6.45, 7) is 4.53. The fraction of sp³-hybridized carbons (Fsp3) is 1.00. The van der Waals surface area contributed by atoms with Gasteiger partial charge in [-0.05, 0) is 7.05 Å². The fourth-order valence-corrected chi connectivity index (χ4v) is 1.92. The van der Waals surface area contributed by atoms with Gasteiger partial charge in [-0.15, -0.1) is 0 Å². The van der Waals surface area contributed by atoms with Crippen LogP contribution in [0, 0.1) is 11.8 Å². The van der Waals surface area contributed by atoms with Gasteiger partial charge in [-0.2, -0.15) is 0 Å². The van der Waals surface area contributed by atoms with Gasteiger partial charge in [0, 0.05) is 24.9 Å². The molecule has 0 amide bonds. The number of ether oxygens (including phenoxy) is 1. The molecule has 2 atom stereocenters. The molecule has 2 rings (SSSR count). The normalized spacial score (nSPS) is 43.7. The molecule has 2 heterocycles. The van der Waals surface area contributed by atoms with Crippen molar-refractivity contribution in [2.45, 2.75) is 0 Å². The van der Waals surface area contributed by atoms with Crippen molar-refractivity contribution in [1.82, 2.24) is 4.90 Å². The third-order valence-electron chi connectivity index (χ3n) is 2.42. The third-order valence-corrected chi connectivity index (χ3v) is 2.42. The van der Waals surface area contributed by atoms with Gasteiger partial charge in [0.25, 0.3) is 0 Å². The third kappa shape index (κ3) is 0.864. The minimum Gasteiger partial charge on any atom is -0.381 e. The quantitative estimate of drug-likeness (QED) is 0.460. The van der Waals surface area contributed by atoms with Gasteiger partial charge in [0.05, 0.1) is 13.2 Å². The molecule has 0 saturated carbocycles. The Kier molecular flexibility index (Phi) is 1.24. The van der Waals surface area contributed by atoms with Crippen LogP contribution in [0.5, 0.6) is 0 Å². The highest BCUT2D eigenvalue weighted by Gasteiger charge is 2.35. The highest BCUT2D eigenvalue weighted by molar-refractivity contribution is 4.85. The number of hydrogen-bond acceptors (Lipinski definition) is 2. The molecule has 2 aliphatic rings. The monoisotopic (exact) mass is 127 g/mol. The lowest BCUT2D eigenvalue weighted by molar-refractivity contribution is 0.160. The second-order valence-electron chi connectivity index (χ2n) is 3.28. The summed E-state index contributed by atoms with van der Waals surface area (Å²) in [5.74, 6) is 1.71. The summed E-state index contributed by atoms with van der Waals surface area (Å²) >= 11 is 0. The molecule has 0 bridgehead atoms. The zero-order valence-electron chi connectivity index (χ0n) is 5.84. The van der Waals surface area contributed by atoms with Crippen LogP contribution in [0.4, 0.5) is 0 Å². The van der Waals surface area contributed by atoms with Crippen LogP contribution in [0.1, 0.15) is 0 Å². The highest BCUT2D eigenvalue weighted by Crippen LogP contribution is 2.27. The lowest BCUT2D eigenvalue weighted by atomic mass is 10.0. The molecule has 2 aliphatic heterocycles. The molecule has 0 N–H and O–H groups in total. The van der Waals surface area contributed by atoms with E-state index in [0.29, 0.717) is 0 Å². The van der Waals surface area contributed by atoms with E-state index >= 15 is 0 Å². The predicted molar refractivity (Wildman–Crippen MR) is 35.3 cm³/mol. The number of likely N-dealkylation sites (tertiary alicyclic amines) is 1. The number of hydrogen-bond donors (Lipinski definition) is 0. The van der Waals surface area contributed by atoms with E-state index in [4.69, 9.17) is 4.74 Å². The molecule has 9 heavy (non-hydrogen) atoms. The van der Waals surface area contributed by atoms with Crippen molar-refractivity contribution in [3.8, 4) is 0 Å². The Balaban J connectivity index is 2.02. The molecule has 2 nitrogen and oxygen atoms in total. The molecular formula is C7H13NO. The first-order chi connectivity index (χ1) is 4.36. The first-order valence-corrected chi connectivity index (χ1v) is 3.62. The van der Waals surface area contributed by atoms with E-state index < -0.39 is 0 Å². The average Bonchev–Trinajstić information content (AvgIpc) is 2.22. The standard InChI is InChI=1S/C7H13NO/c1-8-2-6-4-9-5-7(6)3-8/h6-7H,2-5H2,1H3/t6-,7?/m1/s1. The molecule has 0 aromatic rings. The second kappa shape index (κ2) is 1.96. The van der Waals surface area contributed by atoms with Gasteiger partial charge >= 0.3 is 0 Å². The molecular weight excluding hydrogens is 114 g/mol. The van der Waals surface area contributed by atoms with Gasteiger partial charge < -0.3 is 9.64 Å². The molecule has 0 aromatic carbocycles. The van der Waals surface area contributed by atoms with Crippen molar-refractivity contribution in [2.24, 2.45) is 11.8 Å². The van der Waals surface area contributed by atoms with Crippen molar-refractivity contribution in [2.75, 3.05) is 33.4 Å². The van der Waals surface area contributed by atoms with Gasteiger partial charge in [-0.1, -0.05) is 0 Å². The molecule has 2 heteroatoms.